The number of hydrogen-bond donors (Lipinski definition) is 1. The van der Waals surface area contributed by atoms with Gasteiger partial charge in [0, 0.05) is 37.0 Å². The summed E-state index contributed by atoms with van der Waals surface area (Å²) in [6, 6.07) is 11.2. The third-order valence-corrected chi connectivity index (χ3v) is 6.28. The van der Waals surface area contributed by atoms with E-state index in [1.165, 1.54) is 16.7 Å². The Morgan fingerprint density at radius 3 is 2.48 bits per heavy atom. The first kappa shape index (κ1) is 20.7. The molecule has 3 rings (SSSR count). The lowest BCUT2D eigenvalue weighted by Crippen LogP contribution is -2.19. The molecule has 5 nitrogen and oxygen atoms in total. The lowest BCUT2D eigenvalue weighted by Gasteiger charge is -2.13. The monoisotopic (exact) mass is 418 g/mol. The Labute approximate surface area is 167 Å². The molecule has 1 aromatic heterocycles. The van der Waals surface area contributed by atoms with Gasteiger partial charge >= 0.3 is 0 Å². The summed E-state index contributed by atoms with van der Waals surface area (Å²) in [5.41, 5.74) is 1.48. The molecule has 0 bridgehead atoms. The second kappa shape index (κ2) is 8.16. The Balaban J connectivity index is 1.87. The van der Waals surface area contributed by atoms with Gasteiger partial charge in [0.25, 0.3) is 5.56 Å². The number of rotatable bonds is 6. The van der Waals surface area contributed by atoms with E-state index < -0.39 is 21.5 Å². The van der Waals surface area contributed by atoms with Crippen LogP contribution in [0.4, 0.5) is 14.5 Å². The third-order valence-electron chi connectivity index (χ3n) is 4.51. The molecule has 0 amide bonds. The molecule has 0 aliphatic rings. The zero-order valence-corrected chi connectivity index (χ0v) is 16.8. The number of sulfone groups is 1. The molecule has 0 spiro atoms. The number of halogens is 2. The molecule has 0 aliphatic heterocycles. The summed E-state index contributed by atoms with van der Waals surface area (Å²) in [7, 11) is -2.10. The second-order valence-corrected chi connectivity index (χ2v) is 8.77. The van der Waals surface area contributed by atoms with Gasteiger partial charge in [0.15, 0.2) is 9.84 Å². The summed E-state index contributed by atoms with van der Waals surface area (Å²) in [4.78, 5) is 12.1. The summed E-state index contributed by atoms with van der Waals surface area (Å²) in [6.07, 6.45) is 1.59. The zero-order chi connectivity index (χ0) is 21.2. The van der Waals surface area contributed by atoms with Crippen molar-refractivity contribution >= 4 is 15.5 Å². The van der Waals surface area contributed by atoms with Gasteiger partial charge in [-0.3, -0.25) is 4.79 Å². The molecular weight excluding hydrogens is 398 g/mol. The number of aryl methyl sites for hydroxylation is 2. The molecule has 8 heteroatoms. The van der Waals surface area contributed by atoms with Crippen molar-refractivity contribution in [1.82, 2.24) is 4.57 Å². The Morgan fingerprint density at radius 1 is 1.07 bits per heavy atom. The maximum Gasteiger partial charge on any atom is 0.253 e. The average Bonchev–Trinajstić information content (AvgIpc) is 2.67. The molecule has 0 unspecified atom stereocenters. The van der Waals surface area contributed by atoms with E-state index in [0.717, 1.165) is 12.1 Å². The lowest BCUT2D eigenvalue weighted by molar-refractivity contribution is 0.584. The molecule has 1 N–H and O–H groups in total. The van der Waals surface area contributed by atoms with Gasteiger partial charge < -0.3 is 9.88 Å². The molecule has 2 aromatic carbocycles. The van der Waals surface area contributed by atoms with Crippen LogP contribution in [0.2, 0.25) is 0 Å². The maximum absolute atomic E-state index is 13.7. The second-order valence-electron chi connectivity index (χ2n) is 6.69. The number of hydrogen-bond acceptors (Lipinski definition) is 4. The molecule has 1 heterocycles. The number of benzene rings is 2. The molecule has 0 saturated heterocycles. The minimum atomic E-state index is -3.71. The van der Waals surface area contributed by atoms with Gasteiger partial charge in [-0.05, 0) is 36.8 Å². The van der Waals surface area contributed by atoms with Crippen molar-refractivity contribution in [3.8, 4) is 11.1 Å². The van der Waals surface area contributed by atoms with Crippen LogP contribution in [0.1, 0.15) is 5.56 Å². The van der Waals surface area contributed by atoms with Gasteiger partial charge in [0.2, 0.25) is 0 Å². The first-order chi connectivity index (χ1) is 13.7. The van der Waals surface area contributed by atoms with Crippen LogP contribution in [-0.2, 0) is 16.9 Å². The van der Waals surface area contributed by atoms with Crippen molar-refractivity contribution in [1.29, 1.82) is 0 Å². The number of anilines is 1. The van der Waals surface area contributed by atoms with Crippen LogP contribution in [0, 0.1) is 18.6 Å². The first-order valence-corrected chi connectivity index (χ1v) is 10.5. The highest BCUT2D eigenvalue weighted by molar-refractivity contribution is 7.91. The van der Waals surface area contributed by atoms with E-state index in [4.69, 9.17) is 0 Å². The predicted octanol–water partition coefficient (Wildman–Crippen LogP) is 3.52. The van der Waals surface area contributed by atoms with Gasteiger partial charge in [-0.25, -0.2) is 17.2 Å². The molecule has 29 heavy (non-hydrogen) atoms. The summed E-state index contributed by atoms with van der Waals surface area (Å²) in [6.45, 7) is 1.62. The van der Waals surface area contributed by atoms with Gasteiger partial charge in [-0.15, -0.1) is 0 Å². The highest BCUT2D eigenvalue weighted by Gasteiger charge is 2.20. The van der Waals surface area contributed by atoms with E-state index in [1.807, 2.05) is 0 Å². The van der Waals surface area contributed by atoms with Crippen molar-refractivity contribution in [3.05, 3.63) is 82.3 Å². The van der Waals surface area contributed by atoms with Crippen LogP contribution in [0.3, 0.4) is 0 Å². The van der Waals surface area contributed by atoms with E-state index in [9.17, 15) is 22.0 Å². The van der Waals surface area contributed by atoms with Gasteiger partial charge in [-0.2, -0.15) is 0 Å². The van der Waals surface area contributed by atoms with E-state index in [2.05, 4.69) is 5.32 Å². The summed E-state index contributed by atoms with van der Waals surface area (Å²) >= 11 is 0. The largest absolute Gasteiger partial charge is 0.382 e. The van der Waals surface area contributed by atoms with E-state index in [0.29, 0.717) is 16.7 Å². The zero-order valence-electron chi connectivity index (χ0n) is 15.9. The van der Waals surface area contributed by atoms with Crippen LogP contribution in [-0.4, -0.2) is 25.3 Å². The Morgan fingerprint density at radius 2 is 1.79 bits per heavy atom. The summed E-state index contributed by atoms with van der Waals surface area (Å²) in [5.74, 6) is -1.78. The molecule has 0 aliphatic carbocycles. The van der Waals surface area contributed by atoms with Crippen LogP contribution in [0.25, 0.3) is 11.1 Å². The predicted molar refractivity (Wildman–Crippen MR) is 109 cm³/mol. The number of pyridine rings is 1. The SMILES string of the molecule is Cc1cc(-c2ccccc2S(=O)(=O)CCNc2ccc(F)cc2F)cn(C)c1=O. The minimum absolute atomic E-state index is 0.0311. The average molecular weight is 418 g/mol. The van der Waals surface area contributed by atoms with Crippen LogP contribution >= 0.6 is 0 Å². The van der Waals surface area contributed by atoms with E-state index in [1.54, 1.807) is 44.4 Å². The van der Waals surface area contributed by atoms with Crippen LogP contribution in [0.5, 0.6) is 0 Å². The first-order valence-electron chi connectivity index (χ1n) is 8.87. The molecule has 0 atom stereocenters. The molecule has 0 radical (unpaired) electrons. The van der Waals surface area contributed by atoms with Gasteiger partial charge in [0.1, 0.15) is 11.6 Å². The van der Waals surface area contributed by atoms with Crippen LogP contribution < -0.4 is 10.9 Å². The molecule has 3 aromatic rings. The van der Waals surface area contributed by atoms with Crippen molar-refractivity contribution in [2.45, 2.75) is 11.8 Å². The molecule has 0 saturated carbocycles. The highest BCUT2D eigenvalue weighted by Crippen LogP contribution is 2.28. The van der Waals surface area contributed by atoms with Gasteiger partial charge in [-0.1, -0.05) is 18.2 Å². The fraction of sp³-hybridized carbons (Fsp3) is 0.190. The quantitative estimate of drug-likeness (QED) is 0.665. The lowest BCUT2D eigenvalue weighted by atomic mass is 10.1. The molecule has 152 valence electrons. The minimum Gasteiger partial charge on any atom is -0.382 e. The standard InChI is InChI=1S/C21H20F2N2O3S/c1-14-11-15(13-25(2)21(14)26)17-5-3-4-6-20(17)29(27,28)10-9-24-19-8-7-16(22)12-18(19)23/h3-8,11-13,24H,9-10H2,1-2H3. The van der Waals surface area contributed by atoms with Crippen molar-refractivity contribution in [2.75, 3.05) is 17.6 Å². The summed E-state index contributed by atoms with van der Waals surface area (Å²) in [5, 5.41) is 2.68. The number of aromatic nitrogens is 1. The fourth-order valence-electron chi connectivity index (χ4n) is 3.06. The number of nitrogens with zero attached hydrogens (tertiary/aromatic N) is 1. The van der Waals surface area contributed by atoms with Crippen LogP contribution in [0.15, 0.2) is 64.4 Å². The van der Waals surface area contributed by atoms with Crippen molar-refractivity contribution in [2.24, 2.45) is 7.05 Å². The molecular formula is C21H20F2N2O3S. The smallest absolute Gasteiger partial charge is 0.253 e. The maximum atomic E-state index is 13.7. The Kier molecular flexibility index (Phi) is 5.83. The topological polar surface area (TPSA) is 68.2 Å². The van der Waals surface area contributed by atoms with E-state index >= 15 is 0 Å². The Bertz CT molecular complexity index is 1190. The molecule has 0 fully saturated rings. The van der Waals surface area contributed by atoms with Gasteiger partial charge in [0.05, 0.1) is 16.3 Å². The third kappa shape index (κ3) is 4.54. The normalized spacial score (nSPS) is 11.4. The number of nitrogens with one attached hydrogen (secondary N) is 1. The fourth-order valence-corrected chi connectivity index (χ4v) is 4.46. The van der Waals surface area contributed by atoms with E-state index in [-0.39, 0.29) is 28.4 Å². The Hall–Kier alpha value is -3.00. The summed E-state index contributed by atoms with van der Waals surface area (Å²) < 4.78 is 54.0. The van der Waals surface area contributed by atoms with Crippen molar-refractivity contribution < 1.29 is 17.2 Å². The van der Waals surface area contributed by atoms with Crippen molar-refractivity contribution in [3.63, 3.8) is 0 Å². The highest BCUT2D eigenvalue weighted by atomic mass is 32.2.